The summed E-state index contributed by atoms with van der Waals surface area (Å²) in [6.07, 6.45) is 0.595. The summed E-state index contributed by atoms with van der Waals surface area (Å²) in [5.41, 5.74) is 10.2. The summed E-state index contributed by atoms with van der Waals surface area (Å²) < 4.78 is 24.3. The lowest BCUT2D eigenvalue weighted by Gasteiger charge is -2.19. The number of aryl methyl sites for hydroxylation is 1. The van der Waals surface area contributed by atoms with Crippen LogP contribution in [0.4, 0.5) is 0 Å². The molecule has 0 aliphatic rings. The van der Waals surface area contributed by atoms with Gasteiger partial charge in [-0.15, -0.1) is 66.2 Å². The third-order valence-electron chi connectivity index (χ3n) is 6.02. The van der Waals surface area contributed by atoms with E-state index in [-0.39, 0.29) is 48.8 Å². The molecular weight excluding hydrogens is 1260 g/mol. The molecule has 0 bridgehead atoms. The van der Waals surface area contributed by atoms with E-state index >= 15 is 0 Å². The number of carbonyl (C=O) groups excluding carboxylic acids is 1. The lowest BCUT2D eigenvalue weighted by molar-refractivity contribution is -0.154. The first kappa shape index (κ1) is 47.9. The molecule has 286 valence electrons. The molecule has 0 radical (unpaired) electrons. The first-order chi connectivity index (χ1) is 25.4. The van der Waals surface area contributed by atoms with E-state index in [1.165, 1.54) is 0 Å². The fraction of sp³-hybridized carbons (Fsp3) is 0.242. The Hall–Kier alpha value is -2.22. The average molecular weight is 1290 g/mol. The summed E-state index contributed by atoms with van der Waals surface area (Å²) in [6, 6.07) is 22.7. The van der Waals surface area contributed by atoms with Gasteiger partial charge in [0.1, 0.15) is 18.0 Å². The van der Waals surface area contributed by atoms with Gasteiger partial charge in [0.05, 0.1) is 6.42 Å². The summed E-state index contributed by atoms with van der Waals surface area (Å²) in [6.45, 7) is 5.58. The molecule has 0 unspecified atom stereocenters. The van der Waals surface area contributed by atoms with Gasteiger partial charge < -0.3 is 18.0 Å². The number of esters is 1. The number of aromatic nitrogens is 6. The zero-order valence-electron chi connectivity index (χ0n) is 28.5. The quantitative estimate of drug-likeness (QED) is 0.0334. The SMILES string of the molecule is CC(C)(C)OC(=O)CCc1nnc(-c2ccc(Br)cc2)o1.ClCc1nnc(-c2ccc(Br)cc2)o1.I.II.[N-]=[N+]=NCc1nnc(-c2ccc(Br)cc2)o1. The highest BCUT2D eigenvalue weighted by Gasteiger charge is 2.17. The van der Waals surface area contributed by atoms with Crippen molar-refractivity contribution in [1.29, 1.82) is 0 Å². The van der Waals surface area contributed by atoms with Gasteiger partial charge in [0.25, 0.3) is 0 Å². The van der Waals surface area contributed by atoms with Gasteiger partial charge in [-0.2, -0.15) is 0 Å². The monoisotopic (exact) mass is 1280 g/mol. The van der Waals surface area contributed by atoms with E-state index in [9.17, 15) is 4.79 Å². The molecule has 6 aromatic rings. The first-order valence-electron chi connectivity index (χ1n) is 15.1. The highest BCUT2D eigenvalue weighted by molar-refractivity contribution is 15.0. The largest absolute Gasteiger partial charge is 0.460 e. The van der Waals surface area contributed by atoms with Crippen LogP contribution in [0.3, 0.4) is 0 Å². The van der Waals surface area contributed by atoms with E-state index in [2.05, 4.69) is 126 Å². The highest BCUT2D eigenvalue weighted by Crippen LogP contribution is 2.23. The number of carbonyl (C=O) groups is 1. The van der Waals surface area contributed by atoms with Crippen molar-refractivity contribution in [2.75, 3.05) is 0 Å². The van der Waals surface area contributed by atoms with E-state index in [0.29, 0.717) is 41.8 Å². The molecule has 14 nitrogen and oxygen atoms in total. The van der Waals surface area contributed by atoms with E-state index in [0.717, 1.165) is 30.1 Å². The first-order valence-corrected chi connectivity index (χ1v) is 24.3. The van der Waals surface area contributed by atoms with E-state index < -0.39 is 5.60 Å². The predicted molar refractivity (Wildman–Crippen MR) is 242 cm³/mol. The molecule has 0 spiro atoms. The number of hydrogen-bond donors (Lipinski definition) is 0. The molecule has 21 heteroatoms. The minimum Gasteiger partial charge on any atom is -0.460 e. The Morgan fingerprint density at radius 1 is 0.722 bits per heavy atom. The molecule has 0 fully saturated rings. The van der Waals surface area contributed by atoms with Crippen molar-refractivity contribution in [2.24, 2.45) is 5.11 Å². The topological polar surface area (TPSA) is 192 Å². The number of azide groups is 1. The van der Waals surface area contributed by atoms with Crippen LogP contribution in [0.2, 0.25) is 0 Å². The molecule has 0 atom stereocenters. The molecule has 54 heavy (non-hydrogen) atoms. The maximum atomic E-state index is 11.6. The Balaban J connectivity index is 0.000000277. The number of alkyl halides is 1. The van der Waals surface area contributed by atoms with Gasteiger partial charge in [-0.3, -0.25) is 4.79 Å². The minimum atomic E-state index is -0.478. The molecule has 3 aromatic carbocycles. The van der Waals surface area contributed by atoms with Gasteiger partial charge in [0.2, 0.25) is 35.3 Å². The standard InChI is InChI=1S/C15H17BrN2O3.C9H6BrClN2O.C9H6BrN5O.I2.HI/c1-15(2,3)21-13(19)9-8-12-17-18-14(20-12)10-4-6-11(16)7-5-10;10-7-3-1-6(2-4-7)9-13-12-8(5-11)14-9;10-7-3-1-6(2-4-7)9-14-13-8(16-9)5-12-15-11;1-2;/h4-7H,8-9H2,1-3H3;1-4H,5H2;1-4H,5H2;;1H. The number of halogens is 7. The molecule has 0 N–H and O–H groups in total. The third-order valence-corrected chi connectivity index (χ3v) is 7.84. The predicted octanol–water partition coefficient (Wildman–Crippen LogP) is 12.7. The maximum absolute atomic E-state index is 11.6. The summed E-state index contributed by atoms with van der Waals surface area (Å²) in [5.74, 6) is 2.49. The van der Waals surface area contributed by atoms with Crippen LogP contribution in [0.25, 0.3) is 44.8 Å². The van der Waals surface area contributed by atoms with Crippen molar-refractivity contribution in [1.82, 2.24) is 30.6 Å². The van der Waals surface area contributed by atoms with E-state index in [4.69, 9.17) is 35.1 Å². The summed E-state index contributed by atoms with van der Waals surface area (Å²) >= 11 is 19.8. The zero-order valence-corrected chi connectivity index (χ0v) is 40.7. The van der Waals surface area contributed by atoms with Gasteiger partial charge in [-0.25, -0.2) is 0 Å². The zero-order chi connectivity index (χ0) is 38.8. The molecule has 3 aromatic heterocycles. The lowest BCUT2D eigenvalue weighted by Crippen LogP contribution is -2.24. The van der Waals surface area contributed by atoms with Crippen LogP contribution in [0.1, 0.15) is 44.9 Å². The molecule has 3 heterocycles. The fourth-order valence-corrected chi connectivity index (χ4v) is 4.70. The van der Waals surface area contributed by atoms with Gasteiger partial charge >= 0.3 is 5.97 Å². The van der Waals surface area contributed by atoms with Crippen molar-refractivity contribution >= 4 is 127 Å². The van der Waals surface area contributed by atoms with Gasteiger partial charge in [-0.1, -0.05) is 52.9 Å². The van der Waals surface area contributed by atoms with Crippen molar-refractivity contribution in [3.05, 3.63) is 114 Å². The Morgan fingerprint density at radius 3 is 1.46 bits per heavy atom. The Bertz CT molecular complexity index is 2060. The fourth-order valence-electron chi connectivity index (χ4n) is 3.80. The van der Waals surface area contributed by atoms with Crippen LogP contribution in [-0.2, 0) is 28.4 Å². The van der Waals surface area contributed by atoms with Crippen molar-refractivity contribution < 1.29 is 22.8 Å². The summed E-state index contributed by atoms with van der Waals surface area (Å²) in [5, 5.41) is 26.5. The number of nitrogens with zero attached hydrogens (tertiary/aromatic N) is 9. The third kappa shape index (κ3) is 17.3. The molecule has 0 aliphatic carbocycles. The van der Waals surface area contributed by atoms with Crippen LogP contribution in [0.5, 0.6) is 0 Å². The molecule has 0 saturated heterocycles. The van der Waals surface area contributed by atoms with Crippen LogP contribution < -0.4 is 0 Å². The highest BCUT2D eigenvalue weighted by atomic mass is 128. The molecule has 0 amide bonds. The van der Waals surface area contributed by atoms with Gasteiger partial charge in [0, 0.05) is 78.7 Å². The maximum Gasteiger partial charge on any atom is 0.306 e. The Kier molecular flexibility index (Phi) is 22.3. The molecule has 0 aliphatic heterocycles. The average Bonchev–Trinajstić information content (AvgIpc) is 3.94. The van der Waals surface area contributed by atoms with Crippen molar-refractivity contribution in [2.45, 2.75) is 51.6 Å². The summed E-state index contributed by atoms with van der Waals surface area (Å²) in [4.78, 5) is 14.2. The minimum absolute atomic E-state index is 0. The lowest BCUT2D eigenvalue weighted by atomic mass is 10.2. The second-order valence-electron chi connectivity index (χ2n) is 11.1. The smallest absolute Gasteiger partial charge is 0.306 e. The molecule has 6 rings (SSSR count). The van der Waals surface area contributed by atoms with Crippen LogP contribution in [0, 0.1) is 0 Å². The second kappa shape index (κ2) is 25.1. The Labute approximate surface area is 381 Å². The van der Waals surface area contributed by atoms with Crippen molar-refractivity contribution in [3.8, 4) is 34.4 Å². The summed E-state index contributed by atoms with van der Waals surface area (Å²) in [7, 11) is 0. The van der Waals surface area contributed by atoms with E-state index in [1.807, 2.05) is 93.6 Å². The van der Waals surface area contributed by atoms with Gasteiger partial charge in [-0.05, 0) is 99.1 Å². The number of ether oxygens (including phenoxy) is 1. The molecular formula is C33H30Br3ClI3N9O5. The molecule has 0 saturated carbocycles. The number of hydrogen-bond acceptors (Lipinski definition) is 12. The van der Waals surface area contributed by atoms with Crippen LogP contribution >= 0.6 is 121 Å². The Morgan fingerprint density at radius 2 is 1.09 bits per heavy atom. The van der Waals surface area contributed by atoms with Crippen LogP contribution in [-0.4, -0.2) is 42.2 Å². The van der Waals surface area contributed by atoms with E-state index in [1.54, 1.807) is 0 Å². The second-order valence-corrected chi connectivity index (χ2v) is 14.1. The normalized spacial score (nSPS) is 10.2. The van der Waals surface area contributed by atoms with Crippen LogP contribution in [0.15, 0.2) is 105 Å². The van der Waals surface area contributed by atoms with Crippen molar-refractivity contribution in [3.63, 3.8) is 0 Å². The number of rotatable bonds is 9. The number of benzene rings is 3. The van der Waals surface area contributed by atoms with Gasteiger partial charge in [0.15, 0.2) is 0 Å².